The fourth-order valence-electron chi connectivity index (χ4n) is 4.00. The Morgan fingerprint density at radius 1 is 1.19 bits per heavy atom. The minimum absolute atomic E-state index is 0.0262. The number of nitrogens with one attached hydrogen (secondary N) is 1. The van der Waals surface area contributed by atoms with Crippen molar-refractivity contribution in [1.82, 2.24) is 19.5 Å². The molecule has 1 aliphatic carbocycles. The van der Waals surface area contributed by atoms with Crippen molar-refractivity contribution in [3.8, 4) is 0 Å². The third kappa shape index (κ3) is 3.23. The van der Waals surface area contributed by atoms with Crippen molar-refractivity contribution in [2.24, 2.45) is 0 Å². The van der Waals surface area contributed by atoms with Crippen LogP contribution in [-0.2, 0) is 10.2 Å². The third-order valence-corrected chi connectivity index (χ3v) is 6.27. The van der Waals surface area contributed by atoms with Crippen LogP contribution in [0.3, 0.4) is 0 Å². The normalized spacial score (nSPS) is 19.3. The number of hydrogen-bond donors (Lipinski definition) is 1. The first kappa shape index (κ1) is 17.1. The second-order valence-corrected chi connectivity index (χ2v) is 8.45. The molecule has 2 aromatic heterocycles. The number of hydrogen-bond acceptors (Lipinski definition) is 5. The minimum atomic E-state index is 0.0262. The number of imidazole rings is 1. The highest BCUT2D eigenvalue weighted by Gasteiger charge is 2.35. The molecule has 6 nitrogen and oxygen atoms in total. The van der Waals surface area contributed by atoms with Crippen LogP contribution in [0.15, 0.2) is 41.4 Å². The highest BCUT2D eigenvalue weighted by molar-refractivity contribution is 9.10. The highest BCUT2D eigenvalue weighted by atomic mass is 79.9. The monoisotopic (exact) mass is 427 g/mol. The van der Waals surface area contributed by atoms with Gasteiger partial charge in [0.1, 0.15) is 11.8 Å². The van der Waals surface area contributed by atoms with Gasteiger partial charge in [-0.1, -0.05) is 28.1 Å². The molecule has 0 unspecified atom stereocenters. The molecule has 0 amide bonds. The summed E-state index contributed by atoms with van der Waals surface area (Å²) in [6.07, 6.45) is 7.94. The van der Waals surface area contributed by atoms with Gasteiger partial charge in [-0.25, -0.2) is 15.0 Å². The number of anilines is 1. The number of ether oxygens (including phenoxy) is 1. The summed E-state index contributed by atoms with van der Waals surface area (Å²) in [7, 11) is 0. The predicted molar refractivity (Wildman–Crippen MR) is 108 cm³/mol. The molecule has 0 atom stereocenters. The lowest BCUT2D eigenvalue weighted by atomic mass is 9.74. The maximum atomic E-state index is 5.65. The van der Waals surface area contributed by atoms with Crippen molar-refractivity contribution >= 4 is 32.9 Å². The summed E-state index contributed by atoms with van der Waals surface area (Å²) in [4.78, 5) is 13.6. The molecule has 27 heavy (non-hydrogen) atoms. The first-order valence-corrected chi connectivity index (χ1v) is 10.3. The number of benzene rings is 1. The molecular formula is C20H22BrN5O. The fraction of sp³-hybridized carbons (Fsp3) is 0.450. The van der Waals surface area contributed by atoms with E-state index in [1.807, 2.05) is 6.33 Å². The van der Waals surface area contributed by atoms with Gasteiger partial charge in [0.05, 0.1) is 6.33 Å². The van der Waals surface area contributed by atoms with Crippen LogP contribution in [0, 0.1) is 0 Å². The van der Waals surface area contributed by atoms with Gasteiger partial charge in [0, 0.05) is 35.7 Å². The Balaban J connectivity index is 1.45. The second kappa shape index (κ2) is 6.87. The number of fused-ring (bicyclic) bond motifs is 1. The van der Waals surface area contributed by atoms with Crippen molar-refractivity contribution in [3.63, 3.8) is 0 Å². The van der Waals surface area contributed by atoms with Gasteiger partial charge in [0.25, 0.3) is 0 Å². The Labute approximate surface area is 166 Å². The van der Waals surface area contributed by atoms with Crippen molar-refractivity contribution in [3.05, 3.63) is 47.0 Å². The molecule has 1 saturated carbocycles. The summed E-state index contributed by atoms with van der Waals surface area (Å²) in [5.74, 6) is 0.820. The largest absolute Gasteiger partial charge is 0.381 e. The van der Waals surface area contributed by atoms with E-state index in [9.17, 15) is 0 Å². The average Bonchev–Trinajstić information content (AvgIpc) is 3.45. The summed E-state index contributed by atoms with van der Waals surface area (Å²) in [5.41, 5.74) is 3.15. The summed E-state index contributed by atoms with van der Waals surface area (Å²) < 4.78 is 8.95. The predicted octanol–water partition coefficient (Wildman–Crippen LogP) is 4.08. The summed E-state index contributed by atoms with van der Waals surface area (Å²) in [6.45, 7) is 2.36. The van der Waals surface area contributed by atoms with Crippen molar-refractivity contribution in [2.75, 3.05) is 25.1 Å². The molecule has 3 aromatic rings. The van der Waals surface area contributed by atoms with Crippen LogP contribution in [0.5, 0.6) is 0 Å². The Bertz CT molecular complexity index is 962. The zero-order valence-corrected chi connectivity index (χ0v) is 16.7. The van der Waals surface area contributed by atoms with Crippen LogP contribution in [0.2, 0.25) is 0 Å². The first-order valence-electron chi connectivity index (χ1n) is 9.50. The molecule has 7 heteroatoms. The van der Waals surface area contributed by atoms with E-state index in [0.717, 1.165) is 54.1 Å². The van der Waals surface area contributed by atoms with Crippen LogP contribution in [0.4, 0.5) is 5.82 Å². The van der Waals surface area contributed by atoms with E-state index in [-0.39, 0.29) is 5.41 Å². The van der Waals surface area contributed by atoms with Gasteiger partial charge in [0.15, 0.2) is 11.5 Å². The van der Waals surface area contributed by atoms with Crippen LogP contribution in [0.25, 0.3) is 11.2 Å². The van der Waals surface area contributed by atoms with E-state index < -0.39 is 0 Å². The molecule has 0 spiro atoms. The van der Waals surface area contributed by atoms with E-state index in [2.05, 4.69) is 65.0 Å². The van der Waals surface area contributed by atoms with Crippen LogP contribution in [0.1, 0.15) is 37.3 Å². The smallest absolute Gasteiger partial charge is 0.165 e. The second-order valence-electron chi connectivity index (χ2n) is 7.53. The van der Waals surface area contributed by atoms with E-state index in [4.69, 9.17) is 4.74 Å². The van der Waals surface area contributed by atoms with Gasteiger partial charge < -0.3 is 14.6 Å². The molecule has 5 rings (SSSR count). The van der Waals surface area contributed by atoms with Gasteiger partial charge in [0.2, 0.25) is 0 Å². The molecule has 140 valence electrons. The number of rotatable bonds is 5. The molecular weight excluding hydrogens is 406 g/mol. The van der Waals surface area contributed by atoms with E-state index >= 15 is 0 Å². The average molecular weight is 428 g/mol. The Kier molecular flexibility index (Phi) is 4.36. The van der Waals surface area contributed by atoms with Crippen molar-refractivity contribution < 1.29 is 4.74 Å². The molecule has 1 saturated heterocycles. The van der Waals surface area contributed by atoms with E-state index in [0.29, 0.717) is 6.04 Å². The zero-order chi connectivity index (χ0) is 18.3. The quantitative estimate of drug-likeness (QED) is 0.664. The van der Waals surface area contributed by atoms with Crippen molar-refractivity contribution in [1.29, 1.82) is 0 Å². The molecule has 2 aliphatic rings. The van der Waals surface area contributed by atoms with Crippen LogP contribution in [-0.4, -0.2) is 39.3 Å². The van der Waals surface area contributed by atoms with Crippen LogP contribution >= 0.6 is 15.9 Å². The Morgan fingerprint density at radius 3 is 2.81 bits per heavy atom. The first-order chi connectivity index (χ1) is 13.3. The summed E-state index contributed by atoms with van der Waals surface area (Å²) >= 11 is 3.62. The molecule has 1 aromatic carbocycles. The lowest BCUT2D eigenvalue weighted by Crippen LogP contribution is -2.40. The molecule has 3 heterocycles. The van der Waals surface area contributed by atoms with Gasteiger partial charge in [-0.3, -0.25) is 0 Å². The standard InChI is InChI=1S/C20H22BrN5O/c21-15-3-1-2-14(10-15)20(6-8-27-9-7-20)11-22-18-17-19(24-12-23-18)26(13-25-17)16-4-5-16/h1-3,10,12-13,16H,4-9,11H2,(H,22,23,24). The van der Waals surface area contributed by atoms with Gasteiger partial charge in [-0.15, -0.1) is 0 Å². The molecule has 0 bridgehead atoms. The molecule has 1 aliphatic heterocycles. The van der Waals surface area contributed by atoms with E-state index in [1.54, 1.807) is 6.33 Å². The SMILES string of the molecule is Brc1cccc(C2(CNc3ncnc4c3ncn4C3CC3)CCOCC2)c1. The zero-order valence-electron chi connectivity index (χ0n) is 15.1. The van der Waals surface area contributed by atoms with Gasteiger partial charge in [-0.05, 0) is 43.4 Å². The Hall–Kier alpha value is -1.99. The molecule has 1 N–H and O–H groups in total. The maximum Gasteiger partial charge on any atom is 0.165 e. The highest BCUT2D eigenvalue weighted by Crippen LogP contribution is 2.38. The minimum Gasteiger partial charge on any atom is -0.381 e. The number of halogens is 1. The number of aromatic nitrogens is 4. The summed E-state index contributed by atoms with van der Waals surface area (Å²) in [5, 5.41) is 3.59. The Morgan fingerprint density at radius 2 is 2.04 bits per heavy atom. The maximum absolute atomic E-state index is 5.65. The lowest BCUT2D eigenvalue weighted by molar-refractivity contribution is 0.0543. The van der Waals surface area contributed by atoms with Crippen molar-refractivity contribution in [2.45, 2.75) is 37.1 Å². The molecule has 2 fully saturated rings. The topological polar surface area (TPSA) is 64.9 Å². The fourth-order valence-corrected chi connectivity index (χ4v) is 4.40. The molecule has 0 radical (unpaired) electrons. The third-order valence-electron chi connectivity index (χ3n) is 5.78. The summed E-state index contributed by atoms with van der Waals surface area (Å²) in [6, 6.07) is 9.18. The number of nitrogens with zero attached hydrogens (tertiary/aromatic N) is 4. The van der Waals surface area contributed by atoms with Gasteiger partial charge in [-0.2, -0.15) is 0 Å². The van der Waals surface area contributed by atoms with E-state index in [1.165, 1.54) is 18.4 Å². The van der Waals surface area contributed by atoms with Crippen LogP contribution < -0.4 is 5.32 Å². The lowest BCUT2D eigenvalue weighted by Gasteiger charge is -2.38. The van der Waals surface area contributed by atoms with Gasteiger partial charge >= 0.3 is 0 Å².